The van der Waals surface area contributed by atoms with Crippen LogP contribution in [0.15, 0.2) is 23.9 Å². The van der Waals surface area contributed by atoms with Gasteiger partial charge in [0.1, 0.15) is 0 Å². The SMILES string of the molecule is C=CC1(C)C(=O)C(C)=C1N(CC)CC. The largest absolute Gasteiger partial charge is 0.374 e. The third-order valence-corrected chi connectivity index (χ3v) is 3.15. The number of allylic oxidation sites excluding steroid dienone is 2. The van der Waals surface area contributed by atoms with Crippen LogP contribution in [0, 0.1) is 5.41 Å². The van der Waals surface area contributed by atoms with Gasteiger partial charge in [0.05, 0.1) is 5.41 Å². The van der Waals surface area contributed by atoms with Crippen LogP contribution in [0.3, 0.4) is 0 Å². The van der Waals surface area contributed by atoms with E-state index >= 15 is 0 Å². The van der Waals surface area contributed by atoms with Gasteiger partial charge in [-0.1, -0.05) is 6.08 Å². The van der Waals surface area contributed by atoms with Crippen LogP contribution in [0.25, 0.3) is 0 Å². The average molecular weight is 193 g/mol. The number of hydrogen-bond donors (Lipinski definition) is 0. The highest BCUT2D eigenvalue weighted by molar-refractivity contribution is 6.10. The molecule has 0 saturated heterocycles. The van der Waals surface area contributed by atoms with E-state index in [2.05, 4.69) is 25.3 Å². The third kappa shape index (κ3) is 1.21. The highest BCUT2D eigenvalue weighted by atomic mass is 16.1. The van der Waals surface area contributed by atoms with Crippen LogP contribution in [0.4, 0.5) is 0 Å². The molecule has 1 atom stereocenters. The van der Waals surface area contributed by atoms with Gasteiger partial charge in [-0.15, -0.1) is 6.58 Å². The Labute approximate surface area is 86.3 Å². The molecule has 0 saturated carbocycles. The summed E-state index contributed by atoms with van der Waals surface area (Å²) in [6.45, 7) is 13.7. The van der Waals surface area contributed by atoms with Gasteiger partial charge in [-0.25, -0.2) is 0 Å². The molecule has 0 heterocycles. The molecule has 0 spiro atoms. The van der Waals surface area contributed by atoms with Crippen molar-refractivity contribution in [1.82, 2.24) is 4.90 Å². The van der Waals surface area contributed by atoms with Gasteiger partial charge in [-0.2, -0.15) is 0 Å². The molecule has 1 unspecified atom stereocenters. The second-order valence-electron chi connectivity index (χ2n) is 3.88. The van der Waals surface area contributed by atoms with Crippen LogP contribution in [0.2, 0.25) is 0 Å². The van der Waals surface area contributed by atoms with Crippen LogP contribution in [-0.4, -0.2) is 23.8 Å². The Kier molecular flexibility index (Phi) is 2.84. The van der Waals surface area contributed by atoms with E-state index in [1.807, 2.05) is 13.8 Å². The molecule has 2 nitrogen and oxygen atoms in total. The van der Waals surface area contributed by atoms with Gasteiger partial charge in [0.2, 0.25) is 0 Å². The Hall–Kier alpha value is -1.05. The van der Waals surface area contributed by atoms with Crippen molar-refractivity contribution in [3.05, 3.63) is 23.9 Å². The lowest BCUT2D eigenvalue weighted by Gasteiger charge is -2.44. The molecule has 1 aliphatic rings. The van der Waals surface area contributed by atoms with Crippen molar-refractivity contribution in [3.63, 3.8) is 0 Å². The Balaban J connectivity index is 3.09. The standard InChI is InChI=1S/C12H19NO/c1-6-12(5)10(9(4)11(12)14)13(7-2)8-3/h6H,1,7-8H2,2-5H3. The lowest BCUT2D eigenvalue weighted by molar-refractivity contribution is -0.124. The highest BCUT2D eigenvalue weighted by Crippen LogP contribution is 2.45. The molecule has 0 fully saturated rings. The summed E-state index contributed by atoms with van der Waals surface area (Å²) in [6, 6.07) is 0. The molecule has 0 N–H and O–H groups in total. The number of carbonyl (C=O) groups excluding carboxylic acids is 1. The van der Waals surface area contributed by atoms with Crippen molar-refractivity contribution >= 4 is 5.78 Å². The van der Waals surface area contributed by atoms with Crippen molar-refractivity contribution in [2.45, 2.75) is 27.7 Å². The lowest BCUT2D eigenvalue weighted by atomic mass is 9.67. The van der Waals surface area contributed by atoms with E-state index in [-0.39, 0.29) is 5.78 Å². The van der Waals surface area contributed by atoms with Crippen LogP contribution in [-0.2, 0) is 4.79 Å². The maximum absolute atomic E-state index is 11.7. The van der Waals surface area contributed by atoms with Crippen molar-refractivity contribution in [1.29, 1.82) is 0 Å². The van der Waals surface area contributed by atoms with Gasteiger partial charge in [0, 0.05) is 24.4 Å². The topological polar surface area (TPSA) is 20.3 Å². The van der Waals surface area contributed by atoms with Gasteiger partial charge >= 0.3 is 0 Å². The summed E-state index contributed by atoms with van der Waals surface area (Å²) in [5.74, 6) is 0.217. The molecule has 14 heavy (non-hydrogen) atoms. The van der Waals surface area contributed by atoms with Gasteiger partial charge in [-0.05, 0) is 27.7 Å². The van der Waals surface area contributed by atoms with E-state index in [4.69, 9.17) is 0 Å². The van der Waals surface area contributed by atoms with E-state index in [1.54, 1.807) is 6.08 Å². The average Bonchev–Trinajstić information content (AvgIpc) is 2.23. The maximum Gasteiger partial charge on any atom is 0.175 e. The summed E-state index contributed by atoms with van der Waals surface area (Å²) < 4.78 is 0. The van der Waals surface area contributed by atoms with E-state index in [0.29, 0.717) is 0 Å². The Morgan fingerprint density at radius 2 is 1.93 bits per heavy atom. The number of Topliss-reactive ketones (excluding diaryl/α,β-unsaturated/α-hetero) is 1. The second kappa shape index (κ2) is 3.60. The number of ketones is 1. The van der Waals surface area contributed by atoms with Gasteiger partial charge < -0.3 is 4.90 Å². The first-order chi connectivity index (χ1) is 6.52. The molecule has 1 aliphatic carbocycles. The van der Waals surface area contributed by atoms with Crippen LogP contribution in [0.5, 0.6) is 0 Å². The van der Waals surface area contributed by atoms with Crippen molar-refractivity contribution in [2.24, 2.45) is 5.41 Å². The fraction of sp³-hybridized carbons (Fsp3) is 0.583. The summed E-state index contributed by atoms with van der Waals surface area (Å²) >= 11 is 0. The molecule has 0 aromatic heterocycles. The summed E-state index contributed by atoms with van der Waals surface area (Å²) in [5.41, 5.74) is 1.62. The first-order valence-corrected chi connectivity index (χ1v) is 5.17. The highest BCUT2D eigenvalue weighted by Gasteiger charge is 2.47. The molecule has 0 aromatic carbocycles. The lowest BCUT2D eigenvalue weighted by Crippen LogP contribution is -2.47. The first kappa shape index (κ1) is 11.0. The number of carbonyl (C=O) groups is 1. The molecule has 78 valence electrons. The summed E-state index contributed by atoms with van der Waals surface area (Å²) in [7, 11) is 0. The Morgan fingerprint density at radius 1 is 1.43 bits per heavy atom. The van der Waals surface area contributed by atoms with Crippen molar-refractivity contribution in [2.75, 3.05) is 13.1 Å². The van der Waals surface area contributed by atoms with Crippen LogP contribution < -0.4 is 0 Å². The summed E-state index contributed by atoms with van der Waals surface area (Å²) in [4.78, 5) is 13.9. The third-order valence-electron chi connectivity index (χ3n) is 3.15. The number of hydrogen-bond acceptors (Lipinski definition) is 2. The minimum Gasteiger partial charge on any atom is -0.374 e. The molecule has 2 heteroatoms. The molecular weight excluding hydrogens is 174 g/mol. The molecule has 0 aliphatic heterocycles. The van der Waals surface area contributed by atoms with Crippen molar-refractivity contribution < 1.29 is 4.79 Å². The molecule has 0 amide bonds. The molecule has 1 rings (SSSR count). The summed E-state index contributed by atoms with van der Waals surface area (Å²) in [5, 5.41) is 0. The van der Waals surface area contributed by atoms with Gasteiger partial charge in [0.25, 0.3) is 0 Å². The van der Waals surface area contributed by atoms with E-state index in [0.717, 1.165) is 24.4 Å². The Morgan fingerprint density at radius 3 is 2.29 bits per heavy atom. The minimum absolute atomic E-state index is 0.217. The van der Waals surface area contributed by atoms with Gasteiger partial charge in [0.15, 0.2) is 5.78 Å². The second-order valence-corrected chi connectivity index (χ2v) is 3.88. The van der Waals surface area contributed by atoms with Crippen molar-refractivity contribution in [3.8, 4) is 0 Å². The molecule has 0 bridgehead atoms. The zero-order chi connectivity index (χ0) is 10.9. The molecular formula is C12H19NO. The predicted octanol–water partition coefficient (Wildman–Crippen LogP) is 2.38. The fourth-order valence-corrected chi connectivity index (χ4v) is 2.23. The van der Waals surface area contributed by atoms with Gasteiger partial charge in [-0.3, -0.25) is 4.79 Å². The fourth-order valence-electron chi connectivity index (χ4n) is 2.23. The smallest absolute Gasteiger partial charge is 0.175 e. The van der Waals surface area contributed by atoms with Crippen LogP contribution in [0.1, 0.15) is 27.7 Å². The number of rotatable bonds is 4. The van der Waals surface area contributed by atoms with E-state index < -0.39 is 5.41 Å². The summed E-state index contributed by atoms with van der Waals surface area (Å²) in [6.07, 6.45) is 1.76. The zero-order valence-electron chi connectivity index (χ0n) is 9.55. The first-order valence-electron chi connectivity index (χ1n) is 5.17. The number of nitrogens with zero attached hydrogens (tertiary/aromatic N) is 1. The monoisotopic (exact) mass is 193 g/mol. The predicted molar refractivity (Wildman–Crippen MR) is 58.9 cm³/mol. The maximum atomic E-state index is 11.7. The quantitative estimate of drug-likeness (QED) is 0.639. The molecule has 0 radical (unpaired) electrons. The molecule has 0 aromatic rings. The van der Waals surface area contributed by atoms with E-state index in [1.165, 1.54) is 0 Å². The zero-order valence-corrected chi connectivity index (χ0v) is 9.55. The normalized spacial score (nSPS) is 26.1. The minimum atomic E-state index is -0.434. The van der Waals surface area contributed by atoms with Crippen LogP contribution >= 0.6 is 0 Å². The Bertz CT molecular complexity index is 299. The van der Waals surface area contributed by atoms with E-state index in [9.17, 15) is 4.79 Å².